The van der Waals surface area contributed by atoms with Crippen LogP contribution in [0.4, 0.5) is 0 Å². The number of ether oxygens (including phenoxy) is 3. The largest absolute Gasteiger partial charge is 0.507 e. The Morgan fingerprint density at radius 2 is 1.77 bits per heavy atom. The fraction of sp³-hybridized carbons (Fsp3) is 0.333. The first-order chi connectivity index (χ1) is 14.8. The molecule has 1 heterocycles. The van der Waals surface area contributed by atoms with Crippen molar-refractivity contribution in [1.29, 1.82) is 0 Å². The van der Waals surface area contributed by atoms with Crippen LogP contribution in [0.2, 0.25) is 0 Å². The van der Waals surface area contributed by atoms with Crippen molar-refractivity contribution in [2.24, 2.45) is 0 Å². The topological polar surface area (TPSA) is 85.3 Å². The lowest BCUT2D eigenvalue weighted by Gasteiger charge is -2.27. The van der Waals surface area contributed by atoms with E-state index in [1.165, 1.54) is 26.2 Å². The fourth-order valence-electron chi connectivity index (χ4n) is 3.80. The van der Waals surface area contributed by atoms with Crippen LogP contribution in [0.25, 0.3) is 5.76 Å². The normalized spacial score (nSPS) is 17.8. The van der Waals surface area contributed by atoms with Gasteiger partial charge in [-0.3, -0.25) is 9.59 Å². The zero-order chi connectivity index (χ0) is 22.7. The Balaban J connectivity index is 2.27. The Hall–Kier alpha value is -3.32. The van der Waals surface area contributed by atoms with Crippen molar-refractivity contribution in [2.45, 2.75) is 19.9 Å². The molecular weight excluding hydrogens is 398 g/mol. The lowest BCUT2D eigenvalue weighted by atomic mass is 9.93. The number of benzene rings is 2. The van der Waals surface area contributed by atoms with Crippen molar-refractivity contribution in [3.63, 3.8) is 0 Å². The second kappa shape index (κ2) is 9.22. The molecule has 164 valence electrons. The highest BCUT2D eigenvalue weighted by atomic mass is 16.5. The molecule has 2 aromatic carbocycles. The van der Waals surface area contributed by atoms with Gasteiger partial charge in [-0.05, 0) is 37.1 Å². The lowest BCUT2D eigenvalue weighted by molar-refractivity contribution is -0.140. The maximum absolute atomic E-state index is 13.1. The first-order valence-electron chi connectivity index (χ1n) is 9.91. The van der Waals surface area contributed by atoms with Crippen LogP contribution >= 0.6 is 0 Å². The summed E-state index contributed by atoms with van der Waals surface area (Å²) in [7, 11) is 4.53. The second-order valence-corrected chi connectivity index (χ2v) is 7.37. The summed E-state index contributed by atoms with van der Waals surface area (Å²) in [6.45, 7) is 4.30. The number of ketones is 1. The molecule has 0 bridgehead atoms. The third-order valence-electron chi connectivity index (χ3n) is 5.58. The molecule has 0 aliphatic carbocycles. The monoisotopic (exact) mass is 425 g/mol. The highest BCUT2D eigenvalue weighted by molar-refractivity contribution is 6.46. The third kappa shape index (κ3) is 4.01. The predicted molar refractivity (Wildman–Crippen MR) is 116 cm³/mol. The van der Waals surface area contributed by atoms with Gasteiger partial charge in [-0.25, -0.2) is 0 Å². The second-order valence-electron chi connectivity index (χ2n) is 7.37. The Bertz CT molecular complexity index is 1040. The van der Waals surface area contributed by atoms with Crippen molar-refractivity contribution in [3.8, 4) is 11.5 Å². The average molecular weight is 425 g/mol. The van der Waals surface area contributed by atoms with E-state index in [2.05, 4.69) is 0 Å². The number of hydrogen-bond acceptors (Lipinski definition) is 6. The number of nitrogens with zero attached hydrogens (tertiary/aromatic N) is 1. The average Bonchev–Trinajstić information content (AvgIpc) is 3.02. The molecule has 1 aliphatic heterocycles. The van der Waals surface area contributed by atoms with Gasteiger partial charge in [-0.2, -0.15) is 0 Å². The summed E-state index contributed by atoms with van der Waals surface area (Å²) >= 11 is 0. The van der Waals surface area contributed by atoms with Crippen LogP contribution < -0.4 is 9.47 Å². The van der Waals surface area contributed by atoms with Crippen LogP contribution in [0.5, 0.6) is 11.5 Å². The van der Waals surface area contributed by atoms with E-state index in [4.69, 9.17) is 14.2 Å². The molecule has 1 fully saturated rings. The van der Waals surface area contributed by atoms with Gasteiger partial charge in [-0.15, -0.1) is 0 Å². The van der Waals surface area contributed by atoms with Crippen molar-refractivity contribution >= 4 is 17.4 Å². The smallest absolute Gasteiger partial charge is 0.295 e. The summed E-state index contributed by atoms with van der Waals surface area (Å²) in [6.07, 6.45) is 0. The standard InChI is InChI=1S/C24H27NO6/c1-14-9-10-16(13-15(14)2)21(26)19-20(25(11-12-29-3)24(28)22(19)27)17-7-6-8-18(30-4)23(17)31-5/h6-10,13,20,26H,11-12H2,1-5H3/b21-19+. The minimum absolute atomic E-state index is 0.0101. The summed E-state index contributed by atoms with van der Waals surface area (Å²) in [6, 6.07) is 9.79. The van der Waals surface area contributed by atoms with E-state index >= 15 is 0 Å². The van der Waals surface area contributed by atoms with Gasteiger partial charge in [0.05, 0.1) is 32.4 Å². The van der Waals surface area contributed by atoms with E-state index in [9.17, 15) is 14.7 Å². The van der Waals surface area contributed by atoms with Gasteiger partial charge in [0.15, 0.2) is 11.5 Å². The number of carbonyl (C=O) groups is 2. The van der Waals surface area contributed by atoms with Crippen molar-refractivity contribution in [3.05, 3.63) is 64.2 Å². The van der Waals surface area contributed by atoms with Gasteiger partial charge in [0.2, 0.25) is 0 Å². The van der Waals surface area contributed by atoms with Crippen LogP contribution in [0.15, 0.2) is 42.0 Å². The number of carbonyl (C=O) groups excluding carboxylic acids is 2. The first-order valence-corrected chi connectivity index (χ1v) is 9.91. The van der Waals surface area contributed by atoms with Gasteiger partial charge in [0.1, 0.15) is 5.76 Å². The molecule has 2 aromatic rings. The fourth-order valence-corrected chi connectivity index (χ4v) is 3.80. The molecule has 0 saturated carbocycles. The number of amides is 1. The van der Waals surface area contributed by atoms with Crippen LogP contribution in [-0.2, 0) is 14.3 Å². The Morgan fingerprint density at radius 3 is 2.39 bits per heavy atom. The summed E-state index contributed by atoms with van der Waals surface area (Å²) < 4.78 is 16.1. The van der Waals surface area contributed by atoms with Crippen LogP contribution in [-0.4, -0.2) is 56.2 Å². The zero-order valence-corrected chi connectivity index (χ0v) is 18.4. The molecule has 1 amide bonds. The molecule has 0 spiro atoms. The number of Topliss-reactive ketones (excluding diaryl/α,β-unsaturated/α-hetero) is 1. The van der Waals surface area contributed by atoms with Crippen molar-refractivity contribution < 1.29 is 28.9 Å². The van der Waals surface area contributed by atoms with Crippen LogP contribution in [0.3, 0.4) is 0 Å². The van der Waals surface area contributed by atoms with E-state index in [0.717, 1.165) is 11.1 Å². The van der Waals surface area contributed by atoms with Gasteiger partial charge in [0.25, 0.3) is 11.7 Å². The molecule has 3 rings (SSSR count). The number of para-hydroxylation sites is 1. The molecule has 0 radical (unpaired) electrons. The number of likely N-dealkylation sites (tertiary alicyclic amines) is 1. The van der Waals surface area contributed by atoms with E-state index in [1.807, 2.05) is 19.9 Å². The molecule has 1 unspecified atom stereocenters. The maximum atomic E-state index is 13.1. The number of rotatable bonds is 7. The van der Waals surface area contributed by atoms with Crippen LogP contribution in [0, 0.1) is 13.8 Å². The minimum atomic E-state index is -0.846. The number of aryl methyl sites for hydroxylation is 2. The first kappa shape index (κ1) is 22.4. The Morgan fingerprint density at radius 1 is 1.03 bits per heavy atom. The molecule has 1 saturated heterocycles. The van der Waals surface area contributed by atoms with E-state index in [1.54, 1.807) is 30.3 Å². The van der Waals surface area contributed by atoms with E-state index in [0.29, 0.717) is 22.6 Å². The molecule has 1 atom stereocenters. The molecule has 7 heteroatoms. The molecule has 7 nitrogen and oxygen atoms in total. The SMILES string of the molecule is COCCN1C(=O)C(=O)/C(=C(/O)c2ccc(C)c(C)c2)C1c1cccc(OC)c1OC. The Labute approximate surface area is 181 Å². The lowest BCUT2D eigenvalue weighted by Crippen LogP contribution is -2.32. The minimum Gasteiger partial charge on any atom is -0.507 e. The van der Waals surface area contributed by atoms with Gasteiger partial charge in [0, 0.05) is 24.8 Å². The highest BCUT2D eigenvalue weighted by Crippen LogP contribution is 2.45. The van der Waals surface area contributed by atoms with Crippen molar-refractivity contribution in [2.75, 3.05) is 34.5 Å². The maximum Gasteiger partial charge on any atom is 0.295 e. The third-order valence-corrected chi connectivity index (χ3v) is 5.58. The van der Waals surface area contributed by atoms with Gasteiger partial charge in [-0.1, -0.05) is 24.3 Å². The number of hydrogen-bond donors (Lipinski definition) is 1. The summed E-state index contributed by atoms with van der Waals surface area (Å²) in [5.41, 5.74) is 3.05. The zero-order valence-electron chi connectivity index (χ0n) is 18.4. The molecule has 0 aromatic heterocycles. The number of aliphatic hydroxyl groups is 1. The molecule has 1 aliphatic rings. The van der Waals surface area contributed by atoms with Crippen LogP contribution in [0.1, 0.15) is 28.3 Å². The van der Waals surface area contributed by atoms with Crippen molar-refractivity contribution in [1.82, 2.24) is 4.90 Å². The Kier molecular flexibility index (Phi) is 6.65. The molecule has 1 N–H and O–H groups in total. The number of aliphatic hydroxyl groups excluding tert-OH is 1. The highest BCUT2D eigenvalue weighted by Gasteiger charge is 2.47. The predicted octanol–water partition coefficient (Wildman–Crippen LogP) is 3.39. The van der Waals surface area contributed by atoms with Gasteiger partial charge >= 0.3 is 0 Å². The molecular formula is C24H27NO6. The quantitative estimate of drug-likeness (QED) is 0.416. The number of methoxy groups -OCH3 is 3. The summed E-state index contributed by atoms with van der Waals surface area (Å²) in [5.74, 6) is -0.816. The molecule has 31 heavy (non-hydrogen) atoms. The summed E-state index contributed by atoms with van der Waals surface area (Å²) in [4.78, 5) is 27.4. The van der Waals surface area contributed by atoms with Gasteiger partial charge < -0.3 is 24.2 Å². The van der Waals surface area contributed by atoms with E-state index in [-0.39, 0.29) is 24.5 Å². The summed E-state index contributed by atoms with van der Waals surface area (Å²) in [5, 5.41) is 11.2. The van der Waals surface area contributed by atoms with E-state index < -0.39 is 17.7 Å².